The van der Waals surface area contributed by atoms with Gasteiger partial charge < -0.3 is 5.32 Å². The maximum Gasteiger partial charge on any atom is 0.0785 e. The van der Waals surface area contributed by atoms with Gasteiger partial charge in [-0.05, 0) is 18.7 Å². The van der Waals surface area contributed by atoms with E-state index in [9.17, 15) is 0 Å². The Morgan fingerprint density at radius 1 is 1.35 bits per heavy atom. The topological polar surface area (TPSA) is 24.9 Å². The minimum atomic E-state index is 0.890. The molecular weight excluding hydrogens is 276 g/mol. The number of rotatable bonds is 4. The van der Waals surface area contributed by atoms with E-state index in [0.29, 0.717) is 0 Å². The van der Waals surface area contributed by atoms with Gasteiger partial charge >= 0.3 is 0 Å². The lowest BCUT2D eigenvalue weighted by Gasteiger charge is -2.03. The first kappa shape index (κ1) is 12.3. The molecule has 0 aliphatic rings. The number of hydrogen-bond acceptors (Lipinski definition) is 2. The van der Waals surface area contributed by atoms with Crippen LogP contribution in [-0.2, 0) is 0 Å². The molecule has 0 amide bonds. The predicted octanol–water partition coefficient (Wildman–Crippen LogP) is 3.62. The van der Waals surface area contributed by atoms with Crippen molar-refractivity contribution < 1.29 is 0 Å². The van der Waals surface area contributed by atoms with Crippen molar-refractivity contribution in [3.05, 3.63) is 46.6 Å². The first-order valence-electron chi connectivity index (χ1n) is 5.73. The van der Waals surface area contributed by atoms with Gasteiger partial charge in [-0.25, -0.2) is 0 Å². The summed E-state index contributed by atoms with van der Waals surface area (Å²) in [6, 6.07) is 8.19. The normalized spacial score (nSPS) is 11.4. The van der Waals surface area contributed by atoms with Crippen LogP contribution >= 0.6 is 15.9 Å². The number of likely N-dealkylation sites (N-methyl/N-ethyl adjacent to an activating group) is 1. The monoisotopic (exact) mass is 290 g/mol. The summed E-state index contributed by atoms with van der Waals surface area (Å²) in [4.78, 5) is 4.44. The molecule has 0 spiro atoms. The number of nitrogens with zero attached hydrogens (tertiary/aromatic N) is 1. The third kappa shape index (κ3) is 2.93. The lowest BCUT2D eigenvalue weighted by atomic mass is 10.1. The van der Waals surface area contributed by atoms with Crippen molar-refractivity contribution in [3.63, 3.8) is 0 Å². The molecule has 0 atom stereocenters. The van der Waals surface area contributed by atoms with E-state index in [1.165, 1.54) is 0 Å². The molecule has 0 unspecified atom stereocenters. The van der Waals surface area contributed by atoms with Crippen LogP contribution in [-0.4, -0.2) is 18.1 Å². The van der Waals surface area contributed by atoms with Gasteiger partial charge in [-0.15, -0.1) is 0 Å². The van der Waals surface area contributed by atoms with Gasteiger partial charge in [0.25, 0.3) is 0 Å². The highest BCUT2D eigenvalue weighted by Crippen LogP contribution is 2.25. The van der Waals surface area contributed by atoms with Crippen molar-refractivity contribution in [2.75, 3.05) is 13.1 Å². The van der Waals surface area contributed by atoms with Gasteiger partial charge in [0.15, 0.2) is 0 Å². The maximum atomic E-state index is 4.44. The molecule has 3 heteroatoms. The molecule has 17 heavy (non-hydrogen) atoms. The van der Waals surface area contributed by atoms with E-state index >= 15 is 0 Å². The van der Waals surface area contributed by atoms with Crippen molar-refractivity contribution >= 4 is 32.9 Å². The van der Waals surface area contributed by atoms with E-state index in [4.69, 9.17) is 0 Å². The molecule has 0 bridgehead atoms. The second-order valence-corrected chi connectivity index (χ2v) is 4.60. The first-order valence-corrected chi connectivity index (χ1v) is 6.52. The molecule has 2 aromatic rings. The average Bonchev–Trinajstić information content (AvgIpc) is 2.37. The fourth-order valence-corrected chi connectivity index (χ4v) is 2.16. The third-order valence-corrected chi connectivity index (χ3v) is 3.25. The molecule has 1 aromatic heterocycles. The summed E-state index contributed by atoms with van der Waals surface area (Å²) in [6.45, 7) is 3.98. The van der Waals surface area contributed by atoms with Gasteiger partial charge in [-0.2, -0.15) is 0 Å². The maximum absolute atomic E-state index is 4.44. The number of halogens is 1. The molecule has 1 N–H and O–H groups in total. The summed E-state index contributed by atoms with van der Waals surface area (Å²) in [6.07, 6.45) is 6.07. The molecule has 0 radical (unpaired) electrons. The largest absolute Gasteiger partial charge is 0.314 e. The van der Waals surface area contributed by atoms with Crippen LogP contribution in [0.3, 0.4) is 0 Å². The van der Waals surface area contributed by atoms with Crippen LogP contribution in [0.15, 0.2) is 41.0 Å². The highest BCUT2D eigenvalue weighted by Gasteiger charge is 2.02. The second kappa shape index (κ2) is 5.94. The quantitative estimate of drug-likeness (QED) is 0.870. The summed E-state index contributed by atoms with van der Waals surface area (Å²) < 4.78 is 1.09. The number of benzene rings is 1. The smallest absolute Gasteiger partial charge is 0.0785 e. The van der Waals surface area contributed by atoms with Gasteiger partial charge in [0.2, 0.25) is 0 Å². The SMILES string of the molecule is CCNC/C=C/c1ccc(Br)c2cccnc12. The van der Waals surface area contributed by atoms with Crippen LogP contribution in [0.1, 0.15) is 12.5 Å². The number of nitrogens with one attached hydrogen (secondary N) is 1. The van der Waals surface area contributed by atoms with Crippen molar-refractivity contribution in [2.24, 2.45) is 0 Å². The van der Waals surface area contributed by atoms with Crippen LogP contribution in [0.25, 0.3) is 17.0 Å². The molecule has 0 saturated carbocycles. The molecule has 1 heterocycles. The molecular formula is C14H15BrN2. The highest BCUT2D eigenvalue weighted by molar-refractivity contribution is 9.10. The number of pyridine rings is 1. The van der Waals surface area contributed by atoms with Crippen LogP contribution in [0, 0.1) is 0 Å². The Morgan fingerprint density at radius 2 is 2.24 bits per heavy atom. The molecule has 88 valence electrons. The fraction of sp³-hybridized carbons (Fsp3) is 0.214. The zero-order valence-corrected chi connectivity index (χ0v) is 11.4. The molecule has 1 aromatic carbocycles. The van der Waals surface area contributed by atoms with Crippen LogP contribution in [0.5, 0.6) is 0 Å². The lowest BCUT2D eigenvalue weighted by Crippen LogP contribution is -2.11. The van der Waals surface area contributed by atoms with Crippen LogP contribution < -0.4 is 5.32 Å². The van der Waals surface area contributed by atoms with Gasteiger partial charge in [-0.3, -0.25) is 4.98 Å². The molecule has 0 fully saturated rings. The molecule has 0 aliphatic carbocycles. The Morgan fingerprint density at radius 3 is 3.06 bits per heavy atom. The van der Waals surface area contributed by atoms with Gasteiger partial charge in [0.05, 0.1) is 5.52 Å². The summed E-state index contributed by atoms with van der Waals surface area (Å²) >= 11 is 3.55. The zero-order valence-electron chi connectivity index (χ0n) is 9.78. The van der Waals surface area contributed by atoms with E-state index in [1.807, 2.05) is 12.3 Å². The summed E-state index contributed by atoms with van der Waals surface area (Å²) in [7, 11) is 0. The predicted molar refractivity (Wildman–Crippen MR) is 77.0 cm³/mol. The number of aromatic nitrogens is 1. The minimum absolute atomic E-state index is 0.890. The fourth-order valence-electron chi connectivity index (χ4n) is 1.71. The third-order valence-electron chi connectivity index (χ3n) is 2.56. The van der Waals surface area contributed by atoms with Crippen molar-refractivity contribution in [3.8, 4) is 0 Å². The molecule has 0 aliphatic heterocycles. The first-order chi connectivity index (χ1) is 8.33. The van der Waals surface area contributed by atoms with E-state index in [-0.39, 0.29) is 0 Å². The average molecular weight is 291 g/mol. The Bertz CT molecular complexity index is 535. The Kier molecular flexibility index (Phi) is 4.29. The van der Waals surface area contributed by atoms with E-state index in [2.05, 4.69) is 63.5 Å². The number of fused-ring (bicyclic) bond motifs is 1. The summed E-state index contributed by atoms with van der Waals surface area (Å²) in [5, 5.41) is 4.41. The minimum Gasteiger partial charge on any atom is -0.314 e. The van der Waals surface area contributed by atoms with Crippen molar-refractivity contribution in [1.29, 1.82) is 0 Å². The molecule has 2 nitrogen and oxygen atoms in total. The summed E-state index contributed by atoms with van der Waals surface area (Å²) in [5.74, 6) is 0. The molecule has 0 saturated heterocycles. The lowest BCUT2D eigenvalue weighted by molar-refractivity contribution is 0.801. The van der Waals surface area contributed by atoms with Crippen molar-refractivity contribution in [1.82, 2.24) is 10.3 Å². The Labute approximate surface area is 110 Å². The second-order valence-electron chi connectivity index (χ2n) is 3.75. The standard InChI is InChI=1S/C14H15BrN2/c1-2-16-9-3-5-11-7-8-13(15)12-6-4-10-17-14(11)12/h3-8,10,16H,2,9H2,1H3/b5-3+. The summed E-state index contributed by atoms with van der Waals surface area (Å²) in [5.41, 5.74) is 2.19. The molecule has 2 rings (SSSR count). The van der Waals surface area contributed by atoms with Gasteiger partial charge in [-0.1, -0.05) is 47.1 Å². The van der Waals surface area contributed by atoms with Crippen molar-refractivity contribution in [2.45, 2.75) is 6.92 Å². The van der Waals surface area contributed by atoms with E-state index < -0.39 is 0 Å². The van der Waals surface area contributed by atoms with Gasteiger partial charge in [0, 0.05) is 28.2 Å². The van der Waals surface area contributed by atoms with Crippen LogP contribution in [0.4, 0.5) is 0 Å². The zero-order chi connectivity index (χ0) is 12.1. The highest BCUT2D eigenvalue weighted by atomic mass is 79.9. The van der Waals surface area contributed by atoms with Gasteiger partial charge in [0.1, 0.15) is 0 Å². The Hall–Kier alpha value is -1.19. The van der Waals surface area contributed by atoms with E-state index in [1.54, 1.807) is 0 Å². The van der Waals surface area contributed by atoms with E-state index in [0.717, 1.165) is 34.0 Å². The Balaban J connectivity index is 2.35. The number of hydrogen-bond donors (Lipinski definition) is 1. The van der Waals surface area contributed by atoms with Crippen LogP contribution in [0.2, 0.25) is 0 Å².